The second kappa shape index (κ2) is 5.59. The second-order valence-corrected chi connectivity index (χ2v) is 5.97. The smallest absolute Gasteiger partial charge is 0.253 e. The summed E-state index contributed by atoms with van der Waals surface area (Å²) in [6.07, 6.45) is 1.73. The van der Waals surface area contributed by atoms with E-state index in [2.05, 4.69) is 15.9 Å². The Kier molecular flexibility index (Phi) is 4.34. The van der Waals surface area contributed by atoms with Gasteiger partial charge in [0.2, 0.25) is 0 Å². The van der Waals surface area contributed by atoms with Gasteiger partial charge < -0.3 is 4.90 Å². The summed E-state index contributed by atoms with van der Waals surface area (Å²) in [4.78, 5) is 14.0. The molecule has 1 aliphatic rings. The van der Waals surface area contributed by atoms with Crippen LogP contribution in [0.3, 0.4) is 0 Å². The molecular weight excluding hydrogens is 325 g/mol. The SMILES string of the molecule is O=C(c1ccc(Cl)c(Br)c1)N1CCC(Cl)CC1. The van der Waals surface area contributed by atoms with E-state index in [1.54, 1.807) is 18.2 Å². The third kappa shape index (κ3) is 3.15. The number of piperidine rings is 1. The van der Waals surface area contributed by atoms with E-state index in [-0.39, 0.29) is 11.3 Å². The fraction of sp³-hybridized carbons (Fsp3) is 0.417. The molecule has 92 valence electrons. The average Bonchev–Trinajstić information content (AvgIpc) is 2.33. The van der Waals surface area contributed by atoms with Crippen molar-refractivity contribution >= 4 is 45.0 Å². The molecule has 0 unspecified atom stereocenters. The molecule has 1 fully saturated rings. The van der Waals surface area contributed by atoms with Gasteiger partial charge in [-0.05, 0) is 47.0 Å². The molecule has 0 radical (unpaired) electrons. The zero-order valence-corrected chi connectivity index (χ0v) is 12.2. The number of benzene rings is 1. The van der Waals surface area contributed by atoms with Gasteiger partial charge in [-0.15, -0.1) is 11.6 Å². The predicted molar refractivity (Wildman–Crippen MR) is 73.9 cm³/mol. The number of amides is 1. The van der Waals surface area contributed by atoms with Crippen LogP contribution in [-0.2, 0) is 0 Å². The molecule has 0 N–H and O–H groups in total. The Hall–Kier alpha value is -0.250. The van der Waals surface area contributed by atoms with Crippen LogP contribution in [-0.4, -0.2) is 29.3 Å². The quantitative estimate of drug-likeness (QED) is 0.711. The van der Waals surface area contributed by atoms with Gasteiger partial charge in [-0.2, -0.15) is 0 Å². The normalized spacial score (nSPS) is 17.2. The molecule has 0 bridgehead atoms. The first kappa shape index (κ1) is 13.2. The van der Waals surface area contributed by atoms with Crippen molar-refractivity contribution in [3.63, 3.8) is 0 Å². The van der Waals surface area contributed by atoms with Crippen LogP contribution < -0.4 is 0 Å². The molecule has 0 saturated carbocycles. The minimum Gasteiger partial charge on any atom is -0.339 e. The molecule has 5 heteroatoms. The van der Waals surface area contributed by atoms with Gasteiger partial charge in [0.25, 0.3) is 5.91 Å². The highest BCUT2D eigenvalue weighted by atomic mass is 79.9. The monoisotopic (exact) mass is 335 g/mol. The van der Waals surface area contributed by atoms with Crippen molar-refractivity contribution in [1.82, 2.24) is 4.90 Å². The fourth-order valence-electron chi connectivity index (χ4n) is 1.86. The van der Waals surface area contributed by atoms with Crippen LogP contribution in [0.25, 0.3) is 0 Å². The molecule has 0 aliphatic carbocycles. The predicted octanol–water partition coefficient (Wildman–Crippen LogP) is 3.95. The lowest BCUT2D eigenvalue weighted by Gasteiger charge is -2.29. The lowest BCUT2D eigenvalue weighted by atomic mass is 10.1. The Morgan fingerprint density at radius 1 is 1.35 bits per heavy atom. The van der Waals surface area contributed by atoms with Crippen molar-refractivity contribution < 1.29 is 4.79 Å². The molecule has 1 aromatic rings. The highest BCUT2D eigenvalue weighted by Crippen LogP contribution is 2.25. The number of carbonyl (C=O) groups is 1. The molecule has 0 aromatic heterocycles. The number of hydrogen-bond acceptors (Lipinski definition) is 1. The third-order valence-corrected chi connectivity index (χ3v) is 4.53. The first-order valence-corrected chi connectivity index (χ1v) is 7.07. The molecular formula is C12H12BrCl2NO. The van der Waals surface area contributed by atoms with Crippen molar-refractivity contribution in [2.45, 2.75) is 18.2 Å². The minimum absolute atomic E-state index is 0.0472. The maximum absolute atomic E-state index is 12.2. The molecule has 1 saturated heterocycles. The maximum atomic E-state index is 12.2. The maximum Gasteiger partial charge on any atom is 0.253 e. The van der Waals surface area contributed by atoms with E-state index in [1.165, 1.54) is 0 Å². The Morgan fingerprint density at radius 3 is 2.59 bits per heavy atom. The summed E-state index contributed by atoms with van der Waals surface area (Å²) in [5, 5.41) is 0.817. The van der Waals surface area contributed by atoms with Gasteiger partial charge >= 0.3 is 0 Å². The van der Waals surface area contributed by atoms with Gasteiger partial charge in [0, 0.05) is 28.5 Å². The minimum atomic E-state index is 0.0472. The summed E-state index contributed by atoms with van der Waals surface area (Å²) in [6.45, 7) is 1.46. The van der Waals surface area contributed by atoms with Gasteiger partial charge in [-0.1, -0.05) is 11.6 Å². The van der Waals surface area contributed by atoms with Crippen LogP contribution in [0, 0.1) is 0 Å². The van der Waals surface area contributed by atoms with Gasteiger partial charge in [0.1, 0.15) is 0 Å². The van der Waals surface area contributed by atoms with E-state index in [9.17, 15) is 4.79 Å². The van der Waals surface area contributed by atoms with Crippen LogP contribution in [0.2, 0.25) is 5.02 Å². The Morgan fingerprint density at radius 2 is 2.00 bits per heavy atom. The second-order valence-electron chi connectivity index (χ2n) is 4.10. The molecule has 1 aromatic carbocycles. The number of alkyl halides is 1. The standard InChI is InChI=1S/C12H12BrCl2NO/c13-10-7-8(1-2-11(10)15)12(17)16-5-3-9(14)4-6-16/h1-2,7,9H,3-6H2. The van der Waals surface area contributed by atoms with Gasteiger partial charge in [-0.25, -0.2) is 0 Å². The number of rotatable bonds is 1. The van der Waals surface area contributed by atoms with Gasteiger partial charge in [-0.3, -0.25) is 4.79 Å². The van der Waals surface area contributed by atoms with Crippen LogP contribution in [0.15, 0.2) is 22.7 Å². The van der Waals surface area contributed by atoms with E-state index in [4.69, 9.17) is 23.2 Å². The molecule has 1 heterocycles. The van der Waals surface area contributed by atoms with Crippen LogP contribution in [0.1, 0.15) is 23.2 Å². The Labute approximate surface area is 119 Å². The summed E-state index contributed by atoms with van der Waals surface area (Å²) in [7, 11) is 0. The van der Waals surface area contributed by atoms with Crippen molar-refractivity contribution in [2.75, 3.05) is 13.1 Å². The van der Waals surface area contributed by atoms with Crippen molar-refractivity contribution in [1.29, 1.82) is 0 Å². The summed E-state index contributed by atoms with van der Waals surface area (Å²) < 4.78 is 0.747. The number of nitrogens with zero attached hydrogens (tertiary/aromatic N) is 1. The number of likely N-dealkylation sites (tertiary alicyclic amines) is 1. The van der Waals surface area contributed by atoms with E-state index >= 15 is 0 Å². The highest BCUT2D eigenvalue weighted by Gasteiger charge is 2.22. The Bertz CT molecular complexity index is 431. The Balaban J connectivity index is 2.11. The molecule has 1 aliphatic heterocycles. The van der Waals surface area contributed by atoms with E-state index in [1.807, 2.05) is 4.90 Å². The van der Waals surface area contributed by atoms with Gasteiger partial charge in [0.05, 0.1) is 5.02 Å². The van der Waals surface area contributed by atoms with Crippen molar-refractivity contribution in [3.8, 4) is 0 Å². The van der Waals surface area contributed by atoms with Gasteiger partial charge in [0.15, 0.2) is 0 Å². The summed E-state index contributed by atoms with van der Waals surface area (Å²) in [5.41, 5.74) is 0.661. The molecule has 2 nitrogen and oxygen atoms in total. The average molecular weight is 337 g/mol. The topological polar surface area (TPSA) is 20.3 Å². The number of halogens is 3. The van der Waals surface area contributed by atoms with Crippen LogP contribution >= 0.6 is 39.1 Å². The first-order valence-electron chi connectivity index (χ1n) is 5.46. The lowest BCUT2D eigenvalue weighted by molar-refractivity contribution is 0.0726. The molecule has 2 rings (SSSR count). The van der Waals surface area contributed by atoms with Crippen molar-refractivity contribution in [3.05, 3.63) is 33.3 Å². The van der Waals surface area contributed by atoms with E-state index in [0.29, 0.717) is 10.6 Å². The molecule has 17 heavy (non-hydrogen) atoms. The zero-order valence-electron chi connectivity index (χ0n) is 9.13. The summed E-state index contributed by atoms with van der Waals surface area (Å²) in [6, 6.07) is 5.24. The molecule has 1 amide bonds. The summed E-state index contributed by atoms with van der Waals surface area (Å²) >= 11 is 15.2. The van der Waals surface area contributed by atoms with E-state index in [0.717, 1.165) is 30.4 Å². The lowest BCUT2D eigenvalue weighted by Crippen LogP contribution is -2.38. The third-order valence-electron chi connectivity index (χ3n) is 2.88. The number of hydrogen-bond donors (Lipinski definition) is 0. The van der Waals surface area contributed by atoms with Crippen LogP contribution in [0.5, 0.6) is 0 Å². The molecule has 0 atom stereocenters. The molecule has 0 spiro atoms. The number of carbonyl (C=O) groups excluding carboxylic acids is 1. The van der Waals surface area contributed by atoms with E-state index < -0.39 is 0 Å². The summed E-state index contributed by atoms with van der Waals surface area (Å²) in [5.74, 6) is 0.0472. The zero-order chi connectivity index (χ0) is 12.4. The van der Waals surface area contributed by atoms with Crippen LogP contribution in [0.4, 0.5) is 0 Å². The largest absolute Gasteiger partial charge is 0.339 e. The van der Waals surface area contributed by atoms with Crippen molar-refractivity contribution in [2.24, 2.45) is 0 Å². The fourth-order valence-corrected chi connectivity index (χ4v) is 2.55. The first-order chi connectivity index (χ1) is 8.08. The highest BCUT2D eigenvalue weighted by molar-refractivity contribution is 9.10.